The molecular weight excluding hydrogens is 328 g/mol. The highest BCUT2D eigenvalue weighted by atomic mass is 16.5. The number of nitrogens with one attached hydrogen (secondary N) is 1. The standard InChI is InChI=1S/C21H24N2O3/c1-12(25-2)16-13-8-10-23-11-9-21(19(16)23)14-6-4-5-7-15(14)22-18(21)17(13)20(24)26-3/h4-8,10,12-13,16,19,22H,9,11H2,1-3H3/t12-,13+,16-,19-,21-/m1/s1. The van der Waals surface area contributed by atoms with Gasteiger partial charge in [0, 0.05) is 42.9 Å². The number of anilines is 1. The molecule has 26 heavy (non-hydrogen) atoms. The molecule has 5 nitrogen and oxygen atoms in total. The van der Waals surface area contributed by atoms with Gasteiger partial charge in [0.25, 0.3) is 0 Å². The number of ether oxygens (including phenoxy) is 2. The van der Waals surface area contributed by atoms with Gasteiger partial charge in [0.2, 0.25) is 0 Å². The maximum absolute atomic E-state index is 12.9. The predicted octanol–water partition coefficient (Wildman–Crippen LogP) is 2.66. The van der Waals surface area contributed by atoms with E-state index in [1.807, 2.05) is 6.07 Å². The smallest absolute Gasteiger partial charge is 0.336 e. The molecular formula is C21H24N2O3. The fourth-order valence-electron chi connectivity index (χ4n) is 5.87. The van der Waals surface area contributed by atoms with Crippen LogP contribution in [0.1, 0.15) is 18.9 Å². The molecule has 3 aliphatic heterocycles. The monoisotopic (exact) mass is 352 g/mol. The Hall–Kier alpha value is -2.27. The highest BCUT2D eigenvalue weighted by Crippen LogP contribution is 2.62. The minimum absolute atomic E-state index is 0.00156. The zero-order valence-electron chi connectivity index (χ0n) is 15.4. The van der Waals surface area contributed by atoms with E-state index in [0.717, 1.165) is 29.9 Å². The second-order valence-corrected chi connectivity index (χ2v) is 7.74. The van der Waals surface area contributed by atoms with Gasteiger partial charge >= 0.3 is 5.97 Å². The third-order valence-electron chi connectivity index (χ3n) is 6.93. The summed E-state index contributed by atoms with van der Waals surface area (Å²) in [5.41, 5.74) is 4.03. The van der Waals surface area contributed by atoms with E-state index in [4.69, 9.17) is 9.47 Å². The van der Waals surface area contributed by atoms with Gasteiger partial charge in [0.05, 0.1) is 24.2 Å². The Morgan fingerprint density at radius 3 is 2.92 bits per heavy atom. The number of allylic oxidation sites excluding steroid dienone is 1. The largest absolute Gasteiger partial charge is 0.466 e. The molecule has 2 bridgehead atoms. The van der Waals surface area contributed by atoms with E-state index in [1.165, 1.54) is 12.7 Å². The summed E-state index contributed by atoms with van der Waals surface area (Å²) in [6.07, 6.45) is 5.38. The summed E-state index contributed by atoms with van der Waals surface area (Å²) in [5, 5.41) is 3.60. The van der Waals surface area contributed by atoms with Crippen molar-refractivity contribution in [3.05, 3.63) is 53.4 Å². The van der Waals surface area contributed by atoms with Gasteiger partial charge in [-0.2, -0.15) is 0 Å². The molecule has 1 aromatic carbocycles. The van der Waals surface area contributed by atoms with Crippen molar-refractivity contribution in [3.8, 4) is 0 Å². The van der Waals surface area contributed by atoms with Crippen LogP contribution in [-0.4, -0.2) is 43.8 Å². The van der Waals surface area contributed by atoms with Crippen LogP contribution in [0.25, 0.3) is 0 Å². The van der Waals surface area contributed by atoms with Crippen LogP contribution in [0.4, 0.5) is 5.69 Å². The lowest BCUT2D eigenvalue weighted by molar-refractivity contribution is -0.137. The van der Waals surface area contributed by atoms with Gasteiger partial charge in [-0.05, 0) is 31.2 Å². The Morgan fingerprint density at radius 1 is 1.35 bits per heavy atom. The number of hydrogen-bond acceptors (Lipinski definition) is 5. The highest BCUT2D eigenvalue weighted by Gasteiger charge is 2.64. The molecule has 5 heteroatoms. The van der Waals surface area contributed by atoms with Gasteiger partial charge in [-0.15, -0.1) is 0 Å². The summed E-state index contributed by atoms with van der Waals surface area (Å²) in [7, 11) is 3.23. The van der Waals surface area contributed by atoms with Crippen LogP contribution in [0.15, 0.2) is 47.8 Å². The molecule has 5 rings (SSSR count). The summed E-state index contributed by atoms with van der Waals surface area (Å²) in [6, 6.07) is 8.75. The first kappa shape index (κ1) is 15.9. The molecule has 1 spiro atoms. The Kier molecular flexibility index (Phi) is 3.29. The Balaban J connectivity index is 1.82. The molecule has 1 aromatic rings. The number of carbonyl (C=O) groups is 1. The Morgan fingerprint density at radius 2 is 2.15 bits per heavy atom. The number of esters is 1. The van der Waals surface area contributed by atoms with Gasteiger partial charge in [0.1, 0.15) is 0 Å². The van der Waals surface area contributed by atoms with Gasteiger partial charge < -0.3 is 19.7 Å². The third kappa shape index (κ3) is 1.72. The number of rotatable bonds is 3. The first-order valence-electron chi connectivity index (χ1n) is 9.30. The van der Waals surface area contributed by atoms with Crippen LogP contribution in [-0.2, 0) is 19.7 Å². The van der Waals surface area contributed by atoms with E-state index in [0.29, 0.717) is 0 Å². The number of carbonyl (C=O) groups excluding carboxylic acids is 1. The maximum Gasteiger partial charge on any atom is 0.336 e. The molecule has 0 aromatic heterocycles. The van der Waals surface area contributed by atoms with Crippen LogP contribution >= 0.6 is 0 Å². The number of methoxy groups -OCH3 is 2. The summed E-state index contributed by atoms with van der Waals surface area (Å²) >= 11 is 0. The van der Waals surface area contributed by atoms with Crippen LogP contribution < -0.4 is 5.32 Å². The first-order chi connectivity index (χ1) is 12.6. The normalized spacial score (nSPS) is 34.3. The van der Waals surface area contributed by atoms with Crippen LogP contribution in [0.2, 0.25) is 0 Å². The Bertz CT molecular complexity index is 845. The molecule has 0 unspecified atom stereocenters. The molecule has 3 heterocycles. The Labute approximate surface area is 153 Å². The lowest BCUT2D eigenvalue weighted by atomic mass is 9.58. The maximum atomic E-state index is 12.9. The van der Waals surface area contributed by atoms with Crippen molar-refractivity contribution < 1.29 is 14.3 Å². The molecule has 0 radical (unpaired) electrons. The van der Waals surface area contributed by atoms with Crippen molar-refractivity contribution in [2.24, 2.45) is 11.8 Å². The first-order valence-corrected chi connectivity index (χ1v) is 9.30. The van der Waals surface area contributed by atoms with Gasteiger partial charge in [-0.1, -0.05) is 24.3 Å². The summed E-state index contributed by atoms with van der Waals surface area (Å²) < 4.78 is 11.0. The average molecular weight is 352 g/mol. The number of fused-ring (bicyclic) bond motifs is 2. The fraction of sp³-hybridized carbons (Fsp3) is 0.476. The van der Waals surface area contributed by atoms with E-state index >= 15 is 0 Å². The topological polar surface area (TPSA) is 50.8 Å². The number of para-hydroxylation sites is 1. The van der Waals surface area contributed by atoms with Crippen LogP contribution in [0, 0.1) is 11.8 Å². The number of hydrogen-bond donors (Lipinski definition) is 1. The van der Waals surface area contributed by atoms with Crippen molar-refractivity contribution in [1.29, 1.82) is 0 Å². The molecule has 4 aliphatic rings. The van der Waals surface area contributed by atoms with Crippen molar-refractivity contribution in [2.45, 2.75) is 30.9 Å². The van der Waals surface area contributed by atoms with Gasteiger partial charge in [-0.25, -0.2) is 4.79 Å². The average Bonchev–Trinajstić information content (AvgIpc) is 3.23. The minimum Gasteiger partial charge on any atom is -0.466 e. The minimum atomic E-state index is -0.235. The molecule has 5 atom stereocenters. The van der Waals surface area contributed by atoms with Crippen LogP contribution in [0.3, 0.4) is 0 Å². The second kappa shape index (κ2) is 5.36. The SMILES string of the molecule is COC(=O)C1=C2Nc3ccccc3[C@]23CCN2C=C[C@H]1[C@@H]([C@@H](C)OC)[C@@H]23. The van der Waals surface area contributed by atoms with Gasteiger partial charge in [0.15, 0.2) is 0 Å². The third-order valence-corrected chi connectivity index (χ3v) is 6.93. The van der Waals surface area contributed by atoms with Crippen molar-refractivity contribution in [2.75, 3.05) is 26.1 Å². The van der Waals surface area contributed by atoms with E-state index in [9.17, 15) is 4.79 Å². The van der Waals surface area contributed by atoms with Crippen molar-refractivity contribution >= 4 is 11.7 Å². The number of benzene rings is 1. The van der Waals surface area contributed by atoms with E-state index in [-0.39, 0.29) is 35.4 Å². The summed E-state index contributed by atoms with van der Waals surface area (Å²) in [5.74, 6) is -0.0265. The number of nitrogens with zero attached hydrogens (tertiary/aromatic N) is 1. The lowest BCUT2D eigenvalue weighted by Gasteiger charge is -2.52. The summed E-state index contributed by atoms with van der Waals surface area (Å²) in [6.45, 7) is 3.10. The molecule has 1 saturated heterocycles. The van der Waals surface area contributed by atoms with E-state index in [2.05, 4.69) is 47.6 Å². The zero-order chi connectivity index (χ0) is 18.1. The van der Waals surface area contributed by atoms with Crippen molar-refractivity contribution in [1.82, 2.24) is 4.90 Å². The summed E-state index contributed by atoms with van der Waals surface area (Å²) in [4.78, 5) is 15.3. The van der Waals surface area contributed by atoms with Gasteiger partial charge in [-0.3, -0.25) is 0 Å². The molecule has 0 saturated carbocycles. The molecule has 1 aliphatic carbocycles. The molecule has 136 valence electrons. The quantitative estimate of drug-likeness (QED) is 0.848. The zero-order valence-corrected chi connectivity index (χ0v) is 15.4. The fourth-order valence-corrected chi connectivity index (χ4v) is 5.87. The van der Waals surface area contributed by atoms with E-state index in [1.54, 1.807) is 7.11 Å². The van der Waals surface area contributed by atoms with E-state index < -0.39 is 0 Å². The van der Waals surface area contributed by atoms with Crippen molar-refractivity contribution in [3.63, 3.8) is 0 Å². The molecule has 0 amide bonds. The highest BCUT2D eigenvalue weighted by molar-refractivity contribution is 5.94. The van der Waals surface area contributed by atoms with Crippen LogP contribution in [0.5, 0.6) is 0 Å². The second-order valence-electron chi connectivity index (χ2n) is 7.74. The predicted molar refractivity (Wildman–Crippen MR) is 98.5 cm³/mol. The lowest BCUT2D eigenvalue weighted by Crippen LogP contribution is -2.58. The molecule has 1 fully saturated rings. The molecule has 1 N–H and O–H groups in total.